The Morgan fingerprint density at radius 2 is 1.81 bits per heavy atom. The van der Waals surface area contributed by atoms with Gasteiger partial charge in [0.05, 0.1) is 18.5 Å². The Labute approximate surface area is 153 Å². The van der Waals surface area contributed by atoms with Gasteiger partial charge in [0.1, 0.15) is 5.54 Å². The predicted octanol–water partition coefficient (Wildman–Crippen LogP) is 1.48. The molecule has 2 amide bonds. The van der Waals surface area contributed by atoms with Gasteiger partial charge in [-0.15, -0.1) is 0 Å². The summed E-state index contributed by atoms with van der Waals surface area (Å²) in [5.74, 6) is -1.98. The van der Waals surface area contributed by atoms with E-state index in [1.807, 2.05) is 37.3 Å². The standard InChI is InChI=1S/C19H27N3O4/c1-2-15(13-8-4-3-5-9-13)21-18(26)19(10-6-7-11-19)22-17(25)14(20)12-16(23)24/h3-5,8-9,14-15H,2,6-7,10-12,20H2,1H3,(H,21,26)(H,22,25)(H,23,24)/t14-,15-/m0/s1. The van der Waals surface area contributed by atoms with Gasteiger partial charge in [0.2, 0.25) is 11.8 Å². The van der Waals surface area contributed by atoms with Gasteiger partial charge in [-0.2, -0.15) is 0 Å². The molecule has 7 heteroatoms. The second-order valence-corrected chi connectivity index (χ2v) is 6.83. The van der Waals surface area contributed by atoms with Crippen LogP contribution in [0.25, 0.3) is 0 Å². The number of carboxylic acids is 1. The minimum absolute atomic E-state index is 0.147. The molecule has 1 aromatic carbocycles. The minimum Gasteiger partial charge on any atom is -0.481 e. The predicted molar refractivity (Wildman–Crippen MR) is 97.2 cm³/mol. The van der Waals surface area contributed by atoms with Crippen LogP contribution in [0.15, 0.2) is 30.3 Å². The summed E-state index contributed by atoms with van der Waals surface area (Å²) in [6, 6.07) is 8.35. The second-order valence-electron chi connectivity index (χ2n) is 6.83. The molecular formula is C19H27N3O4. The lowest BCUT2D eigenvalue weighted by atomic mass is 9.93. The van der Waals surface area contributed by atoms with Gasteiger partial charge in [-0.3, -0.25) is 14.4 Å². The summed E-state index contributed by atoms with van der Waals surface area (Å²) in [5.41, 5.74) is 5.64. The Bertz CT molecular complexity index is 641. The molecule has 26 heavy (non-hydrogen) atoms. The second kappa shape index (κ2) is 8.80. The van der Waals surface area contributed by atoms with E-state index in [0.29, 0.717) is 12.8 Å². The van der Waals surface area contributed by atoms with E-state index < -0.39 is 29.9 Å². The summed E-state index contributed by atoms with van der Waals surface area (Å²) in [6.45, 7) is 1.99. The highest BCUT2D eigenvalue weighted by molar-refractivity contribution is 5.94. The van der Waals surface area contributed by atoms with Crippen molar-refractivity contribution in [3.05, 3.63) is 35.9 Å². The third-order valence-electron chi connectivity index (χ3n) is 4.90. The molecule has 1 aromatic rings. The highest BCUT2D eigenvalue weighted by Crippen LogP contribution is 2.31. The van der Waals surface area contributed by atoms with Crippen LogP contribution in [0.1, 0.15) is 57.1 Å². The minimum atomic E-state index is -1.17. The van der Waals surface area contributed by atoms with Crippen molar-refractivity contribution in [3.8, 4) is 0 Å². The third kappa shape index (κ3) is 4.82. The van der Waals surface area contributed by atoms with E-state index in [0.717, 1.165) is 24.8 Å². The van der Waals surface area contributed by atoms with E-state index in [1.165, 1.54) is 0 Å². The zero-order valence-electron chi connectivity index (χ0n) is 15.0. The number of carbonyl (C=O) groups excluding carboxylic acids is 2. The Morgan fingerprint density at radius 3 is 2.35 bits per heavy atom. The average Bonchev–Trinajstić information content (AvgIpc) is 3.09. The number of nitrogens with one attached hydrogen (secondary N) is 2. The first-order valence-electron chi connectivity index (χ1n) is 9.03. The fourth-order valence-corrected chi connectivity index (χ4v) is 3.40. The zero-order valence-corrected chi connectivity index (χ0v) is 15.0. The zero-order chi connectivity index (χ0) is 19.2. The summed E-state index contributed by atoms with van der Waals surface area (Å²) < 4.78 is 0. The average molecular weight is 361 g/mol. The van der Waals surface area contributed by atoms with E-state index >= 15 is 0 Å². The van der Waals surface area contributed by atoms with Crippen molar-refractivity contribution in [1.82, 2.24) is 10.6 Å². The third-order valence-corrected chi connectivity index (χ3v) is 4.90. The molecule has 0 saturated heterocycles. The van der Waals surface area contributed by atoms with Crippen LogP contribution in [-0.2, 0) is 14.4 Å². The van der Waals surface area contributed by atoms with Crippen molar-refractivity contribution >= 4 is 17.8 Å². The van der Waals surface area contributed by atoms with Gasteiger partial charge in [-0.05, 0) is 24.8 Å². The van der Waals surface area contributed by atoms with Crippen LogP contribution < -0.4 is 16.4 Å². The fourth-order valence-electron chi connectivity index (χ4n) is 3.40. The van der Waals surface area contributed by atoms with Gasteiger partial charge in [-0.25, -0.2) is 0 Å². The van der Waals surface area contributed by atoms with Crippen LogP contribution in [0.3, 0.4) is 0 Å². The van der Waals surface area contributed by atoms with Crippen molar-refractivity contribution in [2.45, 2.75) is 63.1 Å². The number of carboxylic acid groups (broad SMARTS) is 1. The number of rotatable bonds is 8. The summed E-state index contributed by atoms with van der Waals surface area (Å²) >= 11 is 0. The maximum atomic E-state index is 13.0. The number of amides is 2. The molecule has 5 N–H and O–H groups in total. The van der Waals surface area contributed by atoms with E-state index in [2.05, 4.69) is 10.6 Å². The molecule has 0 aliphatic heterocycles. The van der Waals surface area contributed by atoms with Gasteiger partial charge in [0.15, 0.2) is 0 Å². The Kier molecular flexibility index (Phi) is 6.74. The van der Waals surface area contributed by atoms with Crippen molar-refractivity contribution in [3.63, 3.8) is 0 Å². The molecule has 1 saturated carbocycles. The van der Waals surface area contributed by atoms with Gasteiger partial charge < -0.3 is 21.5 Å². The molecule has 0 unspecified atom stereocenters. The Hall–Kier alpha value is -2.41. The maximum absolute atomic E-state index is 13.0. The number of hydrogen-bond donors (Lipinski definition) is 4. The Balaban J connectivity index is 2.11. The first-order chi connectivity index (χ1) is 12.4. The van der Waals surface area contributed by atoms with Crippen LogP contribution in [0.2, 0.25) is 0 Å². The van der Waals surface area contributed by atoms with Gasteiger partial charge in [-0.1, -0.05) is 50.1 Å². The molecule has 0 heterocycles. The highest BCUT2D eigenvalue weighted by atomic mass is 16.4. The van der Waals surface area contributed by atoms with Gasteiger partial charge in [0, 0.05) is 0 Å². The summed E-state index contributed by atoms with van der Waals surface area (Å²) in [7, 11) is 0. The molecule has 0 aromatic heterocycles. The van der Waals surface area contributed by atoms with Crippen molar-refractivity contribution < 1.29 is 19.5 Å². The van der Waals surface area contributed by atoms with Crippen molar-refractivity contribution in [1.29, 1.82) is 0 Å². The number of benzene rings is 1. The Morgan fingerprint density at radius 1 is 1.19 bits per heavy atom. The lowest BCUT2D eigenvalue weighted by Crippen LogP contribution is -2.60. The molecule has 2 atom stereocenters. The smallest absolute Gasteiger partial charge is 0.305 e. The molecule has 1 aliphatic rings. The van der Waals surface area contributed by atoms with Crippen LogP contribution in [0, 0.1) is 0 Å². The van der Waals surface area contributed by atoms with Crippen molar-refractivity contribution in [2.75, 3.05) is 0 Å². The lowest BCUT2D eigenvalue weighted by molar-refractivity contribution is -0.140. The van der Waals surface area contributed by atoms with Crippen LogP contribution in [0.4, 0.5) is 0 Å². The SMILES string of the molecule is CC[C@H](NC(=O)C1(NC(=O)[C@@H](N)CC(=O)O)CCCC1)c1ccccc1. The molecular weight excluding hydrogens is 334 g/mol. The van der Waals surface area contributed by atoms with Crippen LogP contribution in [-0.4, -0.2) is 34.5 Å². The maximum Gasteiger partial charge on any atom is 0.305 e. The van der Waals surface area contributed by atoms with Gasteiger partial charge in [0.25, 0.3) is 0 Å². The molecule has 142 valence electrons. The van der Waals surface area contributed by atoms with Gasteiger partial charge >= 0.3 is 5.97 Å². The summed E-state index contributed by atoms with van der Waals surface area (Å²) in [5, 5.41) is 14.6. The van der Waals surface area contributed by atoms with E-state index in [1.54, 1.807) is 0 Å². The normalized spacial score (nSPS) is 17.9. The molecule has 0 spiro atoms. The molecule has 7 nitrogen and oxygen atoms in total. The molecule has 0 bridgehead atoms. The molecule has 2 rings (SSSR count). The van der Waals surface area contributed by atoms with E-state index in [9.17, 15) is 14.4 Å². The summed E-state index contributed by atoms with van der Waals surface area (Å²) in [4.78, 5) is 36.1. The highest BCUT2D eigenvalue weighted by Gasteiger charge is 2.43. The first kappa shape index (κ1) is 19.9. The number of hydrogen-bond acceptors (Lipinski definition) is 4. The monoisotopic (exact) mass is 361 g/mol. The summed E-state index contributed by atoms with van der Waals surface area (Å²) in [6.07, 6.45) is 2.95. The fraction of sp³-hybridized carbons (Fsp3) is 0.526. The quantitative estimate of drug-likeness (QED) is 0.559. The number of carbonyl (C=O) groups is 3. The van der Waals surface area contributed by atoms with Crippen molar-refractivity contribution in [2.24, 2.45) is 5.73 Å². The lowest BCUT2D eigenvalue weighted by Gasteiger charge is -2.32. The largest absolute Gasteiger partial charge is 0.481 e. The molecule has 0 radical (unpaired) electrons. The number of nitrogens with two attached hydrogens (primary N) is 1. The van der Waals surface area contributed by atoms with Crippen LogP contribution in [0.5, 0.6) is 0 Å². The number of aliphatic carboxylic acids is 1. The first-order valence-corrected chi connectivity index (χ1v) is 9.03. The van der Waals surface area contributed by atoms with E-state index in [-0.39, 0.29) is 11.9 Å². The molecule has 1 fully saturated rings. The topological polar surface area (TPSA) is 122 Å². The molecule has 1 aliphatic carbocycles. The van der Waals surface area contributed by atoms with E-state index in [4.69, 9.17) is 10.8 Å². The van der Waals surface area contributed by atoms with Crippen LogP contribution >= 0.6 is 0 Å².